The quantitative estimate of drug-likeness (QED) is 0.436. The van der Waals surface area contributed by atoms with Crippen molar-refractivity contribution in [1.29, 1.82) is 5.26 Å². The Kier molecular flexibility index (Phi) is 6.27. The summed E-state index contributed by atoms with van der Waals surface area (Å²) in [5, 5.41) is 35.0. The lowest BCUT2D eigenvalue weighted by molar-refractivity contribution is -0.398. The fraction of sp³-hybridized carbons (Fsp3) is 0.118. The number of rotatable bonds is 7. The van der Waals surface area contributed by atoms with E-state index in [1.165, 1.54) is 13.2 Å². The van der Waals surface area contributed by atoms with Gasteiger partial charge in [-0.1, -0.05) is 0 Å². The molecular formula is C17H13N4O6-. The number of nitro benzene ring substituents is 1. The molecule has 0 radical (unpaired) electrons. The molecule has 0 spiro atoms. The van der Waals surface area contributed by atoms with E-state index in [0.29, 0.717) is 11.3 Å². The van der Waals surface area contributed by atoms with Gasteiger partial charge in [0.2, 0.25) is 0 Å². The van der Waals surface area contributed by atoms with Gasteiger partial charge in [-0.05, 0) is 30.3 Å². The molecule has 0 heterocycles. The largest absolute Gasteiger partial charge is 0.865 e. The van der Waals surface area contributed by atoms with E-state index in [-0.39, 0.29) is 17.9 Å². The molecule has 1 amide bonds. The minimum atomic E-state index is -0.848. The molecule has 0 aliphatic rings. The molecule has 0 aromatic heterocycles. The standard InChI is InChI=1S/C17H14N4O6/c1-26-15-7-12(6-14(17(15)23)21(24)25)9-19-20-16(22)10-27-13-4-2-11(8-18)3-5-13/h2-7,9,23H,10H2,1H3,(H,20,22)/p-1/b19-9-. The molecule has 138 valence electrons. The van der Waals surface area contributed by atoms with E-state index in [0.717, 1.165) is 12.3 Å². The highest BCUT2D eigenvalue weighted by Crippen LogP contribution is 2.33. The van der Waals surface area contributed by atoms with E-state index in [1.807, 2.05) is 6.07 Å². The third kappa shape index (κ3) is 5.17. The van der Waals surface area contributed by atoms with E-state index in [2.05, 4.69) is 10.5 Å². The number of nitrogens with zero attached hydrogens (tertiary/aromatic N) is 3. The topological polar surface area (TPSA) is 150 Å². The number of benzene rings is 2. The lowest BCUT2D eigenvalue weighted by Crippen LogP contribution is -2.24. The van der Waals surface area contributed by atoms with Crippen LogP contribution in [0, 0.1) is 21.4 Å². The van der Waals surface area contributed by atoms with Crippen molar-refractivity contribution in [2.24, 2.45) is 5.10 Å². The molecule has 0 atom stereocenters. The second kappa shape index (κ2) is 8.82. The first-order valence-electron chi connectivity index (χ1n) is 7.43. The summed E-state index contributed by atoms with van der Waals surface area (Å²) >= 11 is 0. The molecule has 0 saturated heterocycles. The lowest BCUT2D eigenvalue weighted by Gasteiger charge is -2.12. The molecule has 0 fully saturated rings. The minimum Gasteiger partial charge on any atom is -0.865 e. The van der Waals surface area contributed by atoms with Gasteiger partial charge in [0, 0.05) is 17.4 Å². The summed E-state index contributed by atoms with van der Waals surface area (Å²) < 4.78 is 10.0. The fourth-order valence-corrected chi connectivity index (χ4v) is 1.96. The summed E-state index contributed by atoms with van der Waals surface area (Å²) in [6, 6.07) is 10.4. The summed E-state index contributed by atoms with van der Waals surface area (Å²) in [7, 11) is 1.21. The van der Waals surface area contributed by atoms with Gasteiger partial charge in [-0.2, -0.15) is 10.4 Å². The highest BCUT2D eigenvalue weighted by Gasteiger charge is 2.12. The first kappa shape index (κ1) is 19.2. The number of methoxy groups -OCH3 is 1. The second-order valence-electron chi connectivity index (χ2n) is 5.05. The molecule has 27 heavy (non-hydrogen) atoms. The second-order valence-corrected chi connectivity index (χ2v) is 5.05. The molecule has 2 aromatic carbocycles. The Morgan fingerprint density at radius 3 is 2.67 bits per heavy atom. The van der Waals surface area contributed by atoms with Gasteiger partial charge in [-0.15, -0.1) is 0 Å². The number of hydrogen-bond acceptors (Lipinski definition) is 8. The normalized spacial score (nSPS) is 10.2. The van der Waals surface area contributed by atoms with Crippen LogP contribution in [0.5, 0.6) is 17.2 Å². The average Bonchev–Trinajstić information content (AvgIpc) is 2.67. The summed E-state index contributed by atoms with van der Waals surface area (Å²) in [4.78, 5) is 21.8. The molecule has 2 rings (SSSR count). The molecular weight excluding hydrogens is 356 g/mol. The smallest absolute Gasteiger partial charge is 0.277 e. The maximum Gasteiger partial charge on any atom is 0.277 e. The highest BCUT2D eigenvalue weighted by molar-refractivity contribution is 5.85. The maximum atomic E-state index is 11.7. The summed E-state index contributed by atoms with van der Waals surface area (Å²) in [5.74, 6) is -1.22. The number of nitrogens with one attached hydrogen (secondary N) is 1. The fourth-order valence-electron chi connectivity index (χ4n) is 1.96. The first-order valence-corrected chi connectivity index (χ1v) is 7.43. The zero-order valence-corrected chi connectivity index (χ0v) is 14.0. The van der Waals surface area contributed by atoms with Crippen LogP contribution < -0.4 is 20.0 Å². The maximum absolute atomic E-state index is 11.7. The van der Waals surface area contributed by atoms with E-state index >= 15 is 0 Å². The van der Waals surface area contributed by atoms with Crippen molar-refractivity contribution in [2.45, 2.75) is 0 Å². The van der Waals surface area contributed by atoms with Crippen molar-refractivity contribution in [2.75, 3.05) is 13.7 Å². The number of ether oxygens (including phenoxy) is 2. The van der Waals surface area contributed by atoms with Crippen LogP contribution in [-0.4, -0.2) is 30.8 Å². The molecule has 10 heteroatoms. The Hall–Kier alpha value is -4.13. The van der Waals surface area contributed by atoms with Crippen molar-refractivity contribution in [1.82, 2.24) is 5.43 Å². The van der Waals surface area contributed by atoms with Gasteiger partial charge in [0.05, 0.1) is 29.9 Å². The van der Waals surface area contributed by atoms with Gasteiger partial charge in [0.1, 0.15) is 11.5 Å². The van der Waals surface area contributed by atoms with Gasteiger partial charge >= 0.3 is 0 Å². The number of nitro groups is 1. The van der Waals surface area contributed by atoms with Crippen LogP contribution in [0.3, 0.4) is 0 Å². The molecule has 0 aliphatic heterocycles. The Labute approximate surface area is 153 Å². The number of amides is 1. The number of carbonyl (C=O) groups is 1. The number of nitriles is 1. The summed E-state index contributed by atoms with van der Waals surface area (Å²) in [5.41, 5.74) is 2.19. The highest BCUT2D eigenvalue weighted by atomic mass is 16.6. The van der Waals surface area contributed by atoms with Gasteiger partial charge in [0.25, 0.3) is 11.6 Å². The van der Waals surface area contributed by atoms with E-state index in [1.54, 1.807) is 24.3 Å². The third-order valence-corrected chi connectivity index (χ3v) is 3.23. The monoisotopic (exact) mass is 369 g/mol. The average molecular weight is 369 g/mol. The van der Waals surface area contributed by atoms with Gasteiger partial charge in [-0.25, -0.2) is 5.43 Å². The molecule has 2 aromatic rings. The van der Waals surface area contributed by atoms with Crippen molar-refractivity contribution in [3.8, 4) is 23.3 Å². The van der Waals surface area contributed by atoms with Crippen LogP contribution in [0.2, 0.25) is 0 Å². The van der Waals surface area contributed by atoms with Gasteiger partial charge in [0.15, 0.2) is 6.61 Å². The first-order chi connectivity index (χ1) is 12.9. The van der Waals surface area contributed by atoms with E-state index in [9.17, 15) is 20.0 Å². The molecule has 10 nitrogen and oxygen atoms in total. The Morgan fingerprint density at radius 1 is 1.37 bits per heavy atom. The molecule has 0 unspecified atom stereocenters. The van der Waals surface area contributed by atoms with E-state index in [4.69, 9.17) is 14.7 Å². The van der Waals surface area contributed by atoms with Crippen LogP contribution in [-0.2, 0) is 4.79 Å². The molecule has 0 bridgehead atoms. The Bertz CT molecular complexity index is 918. The van der Waals surface area contributed by atoms with E-state index < -0.39 is 22.3 Å². The minimum absolute atomic E-state index is 0.200. The predicted octanol–water partition coefficient (Wildman–Crippen LogP) is 1.08. The van der Waals surface area contributed by atoms with Crippen LogP contribution in [0.1, 0.15) is 11.1 Å². The van der Waals surface area contributed by atoms with Crippen LogP contribution in [0.4, 0.5) is 5.69 Å². The Balaban J connectivity index is 1.96. The van der Waals surface area contributed by atoms with Crippen molar-refractivity contribution in [3.63, 3.8) is 0 Å². The number of hydrogen-bond donors (Lipinski definition) is 1. The van der Waals surface area contributed by atoms with Crippen LogP contribution in [0.15, 0.2) is 41.5 Å². The van der Waals surface area contributed by atoms with Crippen molar-refractivity contribution >= 4 is 17.8 Å². The van der Waals surface area contributed by atoms with Crippen LogP contribution in [0.25, 0.3) is 0 Å². The predicted molar refractivity (Wildman–Crippen MR) is 91.5 cm³/mol. The zero-order chi connectivity index (χ0) is 19.8. The SMILES string of the molecule is COc1cc(/C=N\NC(=O)COc2ccc(C#N)cc2)cc([N+](=O)[O-])c1[O-]. The molecule has 1 N–H and O–H groups in total. The summed E-state index contributed by atoms with van der Waals surface area (Å²) in [6.07, 6.45) is 1.13. The van der Waals surface area contributed by atoms with Gasteiger partial charge < -0.3 is 14.6 Å². The number of hydrazone groups is 1. The van der Waals surface area contributed by atoms with Gasteiger partial charge in [-0.3, -0.25) is 14.9 Å². The Morgan fingerprint density at radius 2 is 2.07 bits per heavy atom. The van der Waals surface area contributed by atoms with Crippen molar-refractivity contribution < 1.29 is 24.3 Å². The number of carbonyl (C=O) groups excluding carboxylic acids is 1. The molecule has 0 aliphatic carbocycles. The third-order valence-electron chi connectivity index (χ3n) is 3.23. The molecule has 0 saturated carbocycles. The lowest BCUT2D eigenvalue weighted by atomic mass is 10.2. The summed E-state index contributed by atoms with van der Waals surface area (Å²) in [6.45, 7) is -0.327. The zero-order valence-electron chi connectivity index (χ0n) is 14.0. The van der Waals surface area contributed by atoms with Crippen molar-refractivity contribution in [3.05, 3.63) is 57.6 Å². The van der Waals surface area contributed by atoms with Crippen LogP contribution >= 0.6 is 0 Å².